The molecule has 0 aliphatic carbocycles. The summed E-state index contributed by atoms with van der Waals surface area (Å²) in [5.41, 5.74) is 1.83. The van der Waals surface area contributed by atoms with Crippen LogP contribution >= 0.6 is 15.9 Å². The molecular weight excluding hydrogens is 427 g/mol. The van der Waals surface area contributed by atoms with Crippen LogP contribution in [0, 0.1) is 12.7 Å². The van der Waals surface area contributed by atoms with Crippen molar-refractivity contribution in [1.82, 2.24) is 24.6 Å². The lowest BCUT2D eigenvalue weighted by molar-refractivity contribution is 0.311. The lowest BCUT2D eigenvalue weighted by Crippen LogP contribution is -2.45. The molecule has 7 nitrogen and oxygen atoms in total. The summed E-state index contributed by atoms with van der Waals surface area (Å²) in [6, 6.07) is 5.98. The highest BCUT2D eigenvalue weighted by molar-refractivity contribution is 9.10. The Labute approximate surface area is 169 Å². The third-order valence-corrected chi connectivity index (χ3v) is 5.41. The van der Waals surface area contributed by atoms with E-state index in [1.54, 1.807) is 18.3 Å². The van der Waals surface area contributed by atoms with Crippen LogP contribution in [0.2, 0.25) is 0 Å². The lowest BCUT2D eigenvalue weighted by atomic mass is 10.2. The van der Waals surface area contributed by atoms with Crippen LogP contribution in [0.4, 0.5) is 10.3 Å². The Morgan fingerprint density at radius 1 is 1.18 bits per heavy atom. The van der Waals surface area contributed by atoms with Gasteiger partial charge in [-0.05, 0) is 32.2 Å². The van der Waals surface area contributed by atoms with Gasteiger partial charge in [0.15, 0.2) is 0 Å². The molecule has 1 aromatic carbocycles. The largest absolute Gasteiger partial charge is 0.338 e. The molecule has 1 N–H and O–H groups in total. The number of aryl methyl sites for hydroxylation is 1. The van der Waals surface area contributed by atoms with Crippen LogP contribution in [-0.4, -0.2) is 57.9 Å². The third kappa shape index (κ3) is 3.59. The Morgan fingerprint density at radius 2 is 1.93 bits per heavy atom. The van der Waals surface area contributed by atoms with Gasteiger partial charge >= 0.3 is 0 Å². The van der Waals surface area contributed by atoms with E-state index < -0.39 is 5.82 Å². The summed E-state index contributed by atoms with van der Waals surface area (Å²) in [6.07, 6.45) is 1.71. The minimum Gasteiger partial charge on any atom is -0.338 e. The number of benzene rings is 1. The average Bonchev–Trinajstić information content (AvgIpc) is 3.03. The smallest absolute Gasteiger partial charge is 0.271 e. The zero-order valence-electron chi connectivity index (χ0n) is 15.6. The van der Waals surface area contributed by atoms with Crippen molar-refractivity contribution in [3.63, 3.8) is 0 Å². The summed E-state index contributed by atoms with van der Waals surface area (Å²) in [5.74, 6) is 0.193. The first kappa shape index (κ1) is 18.8. The van der Waals surface area contributed by atoms with E-state index >= 15 is 0 Å². The first-order valence-electron chi connectivity index (χ1n) is 8.97. The number of rotatable bonds is 3. The monoisotopic (exact) mass is 446 g/mol. The molecule has 1 aliphatic heterocycles. The van der Waals surface area contributed by atoms with Crippen LogP contribution in [0.3, 0.4) is 0 Å². The summed E-state index contributed by atoms with van der Waals surface area (Å²) >= 11 is 3.22. The van der Waals surface area contributed by atoms with Crippen LogP contribution in [0.1, 0.15) is 5.69 Å². The molecule has 1 saturated heterocycles. The maximum Gasteiger partial charge on any atom is 0.271 e. The Kier molecular flexibility index (Phi) is 5.03. The second kappa shape index (κ2) is 7.48. The van der Waals surface area contributed by atoms with E-state index in [0.29, 0.717) is 21.7 Å². The highest BCUT2D eigenvalue weighted by Gasteiger charge is 2.18. The SMILES string of the molecule is Cc1nc(N2CCN(C)CC2)ncc1-c1cc(=O)n(-c2ccc(Br)cc2F)[nH]1. The number of nitrogens with one attached hydrogen (secondary N) is 1. The lowest BCUT2D eigenvalue weighted by Gasteiger charge is -2.32. The molecule has 0 atom stereocenters. The second-order valence-electron chi connectivity index (χ2n) is 6.90. The molecule has 0 radical (unpaired) electrons. The van der Waals surface area contributed by atoms with Gasteiger partial charge in [0, 0.05) is 48.5 Å². The minimum absolute atomic E-state index is 0.159. The summed E-state index contributed by atoms with van der Waals surface area (Å²) in [6.45, 7) is 5.58. The van der Waals surface area contributed by atoms with Crippen molar-refractivity contribution in [2.24, 2.45) is 0 Å². The number of halogens is 2. The van der Waals surface area contributed by atoms with E-state index in [9.17, 15) is 9.18 Å². The van der Waals surface area contributed by atoms with Gasteiger partial charge in [0.05, 0.1) is 11.4 Å². The molecule has 3 heterocycles. The highest BCUT2D eigenvalue weighted by Crippen LogP contribution is 2.23. The molecular formula is C19H20BrFN6O. The van der Waals surface area contributed by atoms with Gasteiger partial charge in [-0.25, -0.2) is 19.0 Å². The molecule has 1 aliphatic rings. The number of aromatic nitrogens is 4. The quantitative estimate of drug-likeness (QED) is 0.669. The summed E-state index contributed by atoms with van der Waals surface area (Å²) in [7, 11) is 2.10. The zero-order valence-corrected chi connectivity index (χ0v) is 17.2. The number of hydrogen-bond acceptors (Lipinski definition) is 5. The molecule has 146 valence electrons. The number of hydrogen-bond donors (Lipinski definition) is 1. The van der Waals surface area contributed by atoms with Crippen molar-refractivity contribution in [3.8, 4) is 16.9 Å². The van der Waals surface area contributed by atoms with Crippen molar-refractivity contribution >= 4 is 21.9 Å². The Balaban J connectivity index is 1.66. The van der Waals surface area contributed by atoms with E-state index in [4.69, 9.17) is 0 Å². The van der Waals surface area contributed by atoms with Gasteiger partial charge in [0.25, 0.3) is 5.56 Å². The maximum atomic E-state index is 14.3. The van der Waals surface area contributed by atoms with Gasteiger partial charge in [-0.2, -0.15) is 0 Å². The zero-order chi connectivity index (χ0) is 19.8. The number of anilines is 1. The highest BCUT2D eigenvalue weighted by atomic mass is 79.9. The van der Waals surface area contributed by atoms with Crippen LogP contribution in [0.15, 0.2) is 39.7 Å². The van der Waals surface area contributed by atoms with Crippen molar-refractivity contribution in [2.45, 2.75) is 6.92 Å². The standard InChI is InChI=1S/C19H20BrFN6O/c1-12-14(11-22-19(23-12)26-7-5-25(2)6-8-26)16-10-18(28)27(24-16)17-4-3-13(20)9-15(17)21/h3-4,9-11,24H,5-8H2,1-2H3. The minimum atomic E-state index is -0.497. The number of nitrogens with zero attached hydrogens (tertiary/aromatic N) is 5. The Hall–Kier alpha value is -2.52. The topological polar surface area (TPSA) is 70.1 Å². The number of likely N-dealkylation sites (N-methyl/N-ethyl adjacent to an activating group) is 1. The van der Waals surface area contributed by atoms with Crippen LogP contribution in [-0.2, 0) is 0 Å². The predicted octanol–water partition coefficient (Wildman–Crippen LogP) is 2.58. The molecule has 0 spiro atoms. The van der Waals surface area contributed by atoms with E-state index in [0.717, 1.165) is 31.9 Å². The summed E-state index contributed by atoms with van der Waals surface area (Å²) in [4.78, 5) is 25.9. The fourth-order valence-electron chi connectivity index (χ4n) is 3.25. The van der Waals surface area contributed by atoms with Gasteiger partial charge in [-0.1, -0.05) is 15.9 Å². The van der Waals surface area contributed by atoms with Crippen molar-refractivity contribution in [1.29, 1.82) is 0 Å². The van der Waals surface area contributed by atoms with E-state index in [2.05, 4.69) is 47.8 Å². The van der Waals surface area contributed by atoms with Crippen LogP contribution < -0.4 is 10.5 Å². The molecule has 9 heteroatoms. The molecule has 0 saturated carbocycles. The molecule has 0 amide bonds. The van der Waals surface area contributed by atoms with Gasteiger partial charge in [-0.3, -0.25) is 9.89 Å². The van der Waals surface area contributed by atoms with Crippen LogP contribution in [0.25, 0.3) is 16.9 Å². The van der Waals surface area contributed by atoms with Crippen LogP contribution in [0.5, 0.6) is 0 Å². The molecule has 1 fully saturated rings. The first-order chi connectivity index (χ1) is 13.4. The van der Waals surface area contributed by atoms with Crippen molar-refractivity contribution < 1.29 is 4.39 Å². The molecule has 28 heavy (non-hydrogen) atoms. The Bertz CT molecular complexity index is 1070. The molecule has 0 bridgehead atoms. The molecule has 4 rings (SSSR count). The normalized spacial score (nSPS) is 15.2. The van der Waals surface area contributed by atoms with E-state index in [1.165, 1.54) is 16.8 Å². The first-order valence-corrected chi connectivity index (χ1v) is 9.76. The molecule has 2 aromatic heterocycles. The molecule has 3 aromatic rings. The average molecular weight is 447 g/mol. The van der Waals surface area contributed by atoms with Crippen molar-refractivity contribution in [2.75, 3.05) is 38.1 Å². The maximum absolute atomic E-state index is 14.3. The fourth-order valence-corrected chi connectivity index (χ4v) is 3.59. The summed E-state index contributed by atoms with van der Waals surface area (Å²) in [5, 5.41) is 2.97. The predicted molar refractivity (Wildman–Crippen MR) is 110 cm³/mol. The fraction of sp³-hybridized carbons (Fsp3) is 0.316. The van der Waals surface area contributed by atoms with Gasteiger partial charge in [-0.15, -0.1) is 0 Å². The Morgan fingerprint density at radius 3 is 2.61 bits per heavy atom. The third-order valence-electron chi connectivity index (χ3n) is 4.91. The summed E-state index contributed by atoms with van der Waals surface area (Å²) < 4.78 is 16.0. The number of H-pyrrole nitrogens is 1. The van der Waals surface area contributed by atoms with Gasteiger partial charge in [0.1, 0.15) is 11.5 Å². The van der Waals surface area contributed by atoms with E-state index in [1.807, 2.05) is 6.92 Å². The second-order valence-corrected chi connectivity index (χ2v) is 7.81. The van der Waals surface area contributed by atoms with Crippen molar-refractivity contribution in [3.05, 3.63) is 56.8 Å². The van der Waals surface area contributed by atoms with E-state index in [-0.39, 0.29) is 11.2 Å². The number of aromatic amines is 1. The van der Waals surface area contributed by atoms with Gasteiger partial charge < -0.3 is 9.80 Å². The molecule has 0 unspecified atom stereocenters. The van der Waals surface area contributed by atoms with Gasteiger partial charge in [0.2, 0.25) is 5.95 Å². The number of piperazine rings is 1.